The largest absolute Gasteiger partial charge is 0.307 e. The molecule has 1 aromatic heterocycles. The van der Waals surface area contributed by atoms with Crippen molar-refractivity contribution < 1.29 is 0 Å². The first-order chi connectivity index (χ1) is 9.90. The zero-order valence-electron chi connectivity index (χ0n) is 11.6. The van der Waals surface area contributed by atoms with E-state index in [4.69, 9.17) is 4.98 Å². The van der Waals surface area contributed by atoms with Crippen molar-refractivity contribution in [2.24, 2.45) is 11.8 Å². The Bertz CT molecular complexity index is 558. The maximum absolute atomic E-state index is 4.77. The Labute approximate surface area is 124 Å². The first kappa shape index (κ1) is 12.5. The number of hydrogen-bond donors (Lipinski definition) is 1. The van der Waals surface area contributed by atoms with Crippen LogP contribution in [0.2, 0.25) is 0 Å². The highest BCUT2D eigenvalue weighted by Crippen LogP contribution is 2.44. The Balaban J connectivity index is 1.41. The topological polar surface area (TPSA) is 24.9 Å². The van der Waals surface area contributed by atoms with Gasteiger partial charge in [0.25, 0.3) is 0 Å². The Morgan fingerprint density at radius 1 is 1.10 bits per heavy atom. The summed E-state index contributed by atoms with van der Waals surface area (Å²) in [6.07, 6.45) is 5.73. The van der Waals surface area contributed by atoms with E-state index in [0.29, 0.717) is 0 Å². The molecule has 0 unspecified atom stereocenters. The normalized spacial score (nSPS) is 18.6. The summed E-state index contributed by atoms with van der Waals surface area (Å²) in [7, 11) is 0. The zero-order valence-corrected chi connectivity index (χ0v) is 12.4. The molecule has 0 bridgehead atoms. The van der Waals surface area contributed by atoms with Gasteiger partial charge in [0.05, 0.1) is 5.69 Å². The van der Waals surface area contributed by atoms with E-state index in [1.165, 1.54) is 36.3 Å². The molecule has 3 heteroatoms. The van der Waals surface area contributed by atoms with Crippen LogP contribution in [0, 0.1) is 11.8 Å². The molecule has 0 saturated heterocycles. The summed E-state index contributed by atoms with van der Waals surface area (Å²) < 4.78 is 0. The van der Waals surface area contributed by atoms with Crippen LogP contribution in [-0.4, -0.2) is 11.0 Å². The van der Waals surface area contributed by atoms with Crippen molar-refractivity contribution in [2.45, 2.75) is 38.3 Å². The van der Waals surface area contributed by atoms with E-state index < -0.39 is 0 Å². The van der Waals surface area contributed by atoms with E-state index >= 15 is 0 Å². The van der Waals surface area contributed by atoms with Gasteiger partial charge in [-0.15, -0.1) is 11.3 Å². The second kappa shape index (κ2) is 5.30. The van der Waals surface area contributed by atoms with Gasteiger partial charge in [-0.2, -0.15) is 0 Å². The SMILES string of the molecule is c1ccc(-c2csc(CNC(C3CC3)C3CC3)n2)cc1. The van der Waals surface area contributed by atoms with Crippen molar-refractivity contribution in [2.75, 3.05) is 0 Å². The molecule has 2 aromatic rings. The van der Waals surface area contributed by atoms with Crippen LogP contribution in [0.1, 0.15) is 30.7 Å². The molecule has 1 N–H and O–H groups in total. The number of rotatable bonds is 6. The van der Waals surface area contributed by atoms with E-state index in [0.717, 1.165) is 30.1 Å². The smallest absolute Gasteiger partial charge is 0.107 e. The van der Waals surface area contributed by atoms with E-state index in [9.17, 15) is 0 Å². The van der Waals surface area contributed by atoms with Gasteiger partial charge < -0.3 is 5.32 Å². The molecule has 0 spiro atoms. The molecule has 0 amide bonds. The molecule has 2 fully saturated rings. The van der Waals surface area contributed by atoms with Crippen LogP contribution in [0.25, 0.3) is 11.3 Å². The second-order valence-corrected chi connectivity index (χ2v) is 7.02. The van der Waals surface area contributed by atoms with Crippen LogP contribution in [0.5, 0.6) is 0 Å². The van der Waals surface area contributed by atoms with Crippen molar-refractivity contribution in [3.8, 4) is 11.3 Å². The quantitative estimate of drug-likeness (QED) is 0.864. The molecule has 1 aromatic carbocycles. The summed E-state index contributed by atoms with van der Waals surface area (Å²) in [6.45, 7) is 0.940. The highest BCUT2D eigenvalue weighted by molar-refractivity contribution is 7.09. The first-order valence-corrected chi connectivity index (χ1v) is 8.51. The maximum Gasteiger partial charge on any atom is 0.107 e. The summed E-state index contributed by atoms with van der Waals surface area (Å²) in [4.78, 5) is 4.77. The third kappa shape index (κ3) is 2.79. The van der Waals surface area contributed by atoms with Crippen LogP contribution in [0.4, 0.5) is 0 Å². The van der Waals surface area contributed by atoms with Gasteiger partial charge in [-0.05, 0) is 37.5 Å². The summed E-state index contributed by atoms with van der Waals surface area (Å²) in [5.74, 6) is 1.91. The average molecular weight is 284 g/mol. The lowest BCUT2D eigenvalue weighted by Crippen LogP contribution is -2.32. The third-order valence-electron chi connectivity index (χ3n) is 4.37. The Kier molecular flexibility index (Phi) is 3.32. The molecule has 0 aliphatic heterocycles. The first-order valence-electron chi connectivity index (χ1n) is 7.63. The Morgan fingerprint density at radius 2 is 1.80 bits per heavy atom. The Hall–Kier alpha value is -1.19. The van der Waals surface area contributed by atoms with Crippen molar-refractivity contribution in [3.63, 3.8) is 0 Å². The zero-order chi connectivity index (χ0) is 13.4. The van der Waals surface area contributed by atoms with E-state index in [1.54, 1.807) is 11.3 Å². The van der Waals surface area contributed by atoms with Gasteiger partial charge in [0, 0.05) is 23.5 Å². The second-order valence-electron chi connectivity index (χ2n) is 6.07. The van der Waals surface area contributed by atoms with Gasteiger partial charge in [0.2, 0.25) is 0 Å². The average Bonchev–Trinajstić information content (AvgIpc) is 3.41. The van der Waals surface area contributed by atoms with E-state index in [1.807, 2.05) is 6.07 Å². The highest BCUT2D eigenvalue weighted by atomic mass is 32.1. The Morgan fingerprint density at radius 3 is 2.45 bits per heavy atom. The lowest BCUT2D eigenvalue weighted by atomic mass is 10.1. The molecule has 2 nitrogen and oxygen atoms in total. The number of aromatic nitrogens is 1. The van der Waals surface area contributed by atoms with Crippen molar-refractivity contribution in [3.05, 3.63) is 40.7 Å². The van der Waals surface area contributed by atoms with Crippen LogP contribution in [0.15, 0.2) is 35.7 Å². The summed E-state index contributed by atoms with van der Waals surface area (Å²) in [6, 6.07) is 11.2. The fourth-order valence-electron chi connectivity index (χ4n) is 2.97. The minimum absolute atomic E-state index is 0.763. The summed E-state index contributed by atoms with van der Waals surface area (Å²) >= 11 is 1.78. The predicted octanol–water partition coefficient (Wildman–Crippen LogP) is 4.09. The van der Waals surface area contributed by atoms with Gasteiger partial charge in [0.1, 0.15) is 5.01 Å². The predicted molar refractivity (Wildman–Crippen MR) is 83.6 cm³/mol. The molecule has 0 radical (unpaired) electrons. The molecule has 104 valence electrons. The molecular weight excluding hydrogens is 264 g/mol. The van der Waals surface area contributed by atoms with Gasteiger partial charge in [-0.3, -0.25) is 0 Å². The number of thiazole rings is 1. The maximum atomic E-state index is 4.77. The molecule has 1 heterocycles. The van der Waals surface area contributed by atoms with Gasteiger partial charge in [-0.1, -0.05) is 30.3 Å². The molecule has 2 aliphatic carbocycles. The fraction of sp³-hybridized carbons (Fsp3) is 0.471. The van der Waals surface area contributed by atoms with Gasteiger partial charge in [-0.25, -0.2) is 4.98 Å². The molecule has 2 aliphatic rings. The monoisotopic (exact) mass is 284 g/mol. The number of nitrogens with zero attached hydrogens (tertiary/aromatic N) is 1. The molecular formula is C17H20N2S. The van der Waals surface area contributed by atoms with Crippen LogP contribution in [0.3, 0.4) is 0 Å². The number of benzene rings is 1. The molecule has 0 atom stereocenters. The van der Waals surface area contributed by atoms with Crippen LogP contribution >= 0.6 is 11.3 Å². The van der Waals surface area contributed by atoms with Crippen LogP contribution < -0.4 is 5.32 Å². The molecule has 2 saturated carbocycles. The summed E-state index contributed by atoms with van der Waals surface area (Å²) in [5.41, 5.74) is 2.33. The van der Waals surface area contributed by atoms with Crippen molar-refractivity contribution >= 4 is 11.3 Å². The summed E-state index contributed by atoms with van der Waals surface area (Å²) in [5, 5.41) is 7.17. The van der Waals surface area contributed by atoms with Gasteiger partial charge >= 0.3 is 0 Å². The minimum Gasteiger partial charge on any atom is -0.307 e. The lowest BCUT2D eigenvalue weighted by Gasteiger charge is -2.16. The third-order valence-corrected chi connectivity index (χ3v) is 5.22. The number of nitrogens with one attached hydrogen (secondary N) is 1. The van der Waals surface area contributed by atoms with Crippen molar-refractivity contribution in [1.29, 1.82) is 0 Å². The number of hydrogen-bond acceptors (Lipinski definition) is 3. The van der Waals surface area contributed by atoms with E-state index in [-0.39, 0.29) is 0 Å². The fourth-order valence-corrected chi connectivity index (χ4v) is 3.72. The lowest BCUT2D eigenvalue weighted by molar-refractivity contribution is 0.415. The standard InChI is InChI=1S/C17H20N2S/c1-2-4-12(5-3-1)15-11-20-16(19-15)10-18-17(13-6-7-13)14-8-9-14/h1-5,11,13-14,17-18H,6-10H2. The molecule has 4 rings (SSSR count). The van der Waals surface area contributed by atoms with E-state index in [2.05, 4.69) is 35.0 Å². The van der Waals surface area contributed by atoms with Crippen molar-refractivity contribution in [1.82, 2.24) is 10.3 Å². The highest BCUT2D eigenvalue weighted by Gasteiger charge is 2.41. The molecule has 20 heavy (non-hydrogen) atoms. The van der Waals surface area contributed by atoms with Gasteiger partial charge in [0.15, 0.2) is 0 Å². The van der Waals surface area contributed by atoms with Crippen LogP contribution in [-0.2, 0) is 6.54 Å². The minimum atomic E-state index is 0.763.